The van der Waals surface area contributed by atoms with Gasteiger partial charge >= 0.3 is 6.03 Å². The summed E-state index contributed by atoms with van der Waals surface area (Å²) in [5.41, 5.74) is 1.94. The minimum Gasteiger partial charge on any atom is -0.426 e. The number of urea groups is 1. The van der Waals surface area contributed by atoms with Crippen LogP contribution in [0.1, 0.15) is 24.5 Å². The van der Waals surface area contributed by atoms with Crippen LogP contribution in [0.2, 0.25) is 5.02 Å². The van der Waals surface area contributed by atoms with Gasteiger partial charge in [-0.1, -0.05) is 48.9 Å². The van der Waals surface area contributed by atoms with E-state index in [0.717, 1.165) is 17.5 Å². The molecule has 3 amide bonds. The van der Waals surface area contributed by atoms with Crippen molar-refractivity contribution in [3.8, 4) is 5.75 Å². The van der Waals surface area contributed by atoms with E-state index in [1.54, 1.807) is 24.1 Å². The number of imide groups is 1. The fourth-order valence-corrected chi connectivity index (χ4v) is 4.25. The molecule has 2 atom stereocenters. The number of hydrogen-bond donors (Lipinski definition) is 1. The standard InChI is InChI=1S/C24H27ClN4O4/c1-3-17-7-4-5-8-19(17)33-23-26-21-20(29(23)15-16-9-11-18(25)12-10-16)22(31)28(13-6-14-30)24(32)27(21)2/h4-5,7-12,20-21,30H,3,6,13-15H2,1-2H3. The summed E-state index contributed by atoms with van der Waals surface area (Å²) in [6.07, 6.45) is 0.389. The first kappa shape index (κ1) is 23.1. The number of aryl methyl sites for hydroxylation is 1. The Balaban J connectivity index is 1.70. The first-order chi connectivity index (χ1) is 15.9. The Hall–Kier alpha value is -3.10. The summed E-state index contributed by atoms with van der Waals surface area (Å²) in [6, 6.07) is 14.2. The zero-order valence-corrected chi connectivity index (χ0v) is 19.4. The minimum atomic E-state index is -0.731. The van der Waals surface area contributed by atoms with E-state index in [1.807, 2.05) is 43.3 Å². The van der Waals surface area contributed by atoms with Gasteiger partial charge in [-0.05, 0) is 42.2 Å². The van der Waals surface area contributed by atoms with Crippen LogP contribution in [0.3, 0.4) is 0 Å². The van der Waals surface area contributed by atoms with Crippen LogP contribution in [0.4, 0.5) is 4.79 Å². The van der Waals surface area contributed by atoms with Crippen molar-refractivity contribution in [1.29, 1.82) is 0 Å². The van der Waals surface area contributed by atoms with E-state index >= 15 is 0 Å². The Labute approximate surface area is 198 Å². The number of nitrogens with zero attached hydrogens (tertiary/aromatic N) is 4. The molecule has 2 unspecified atom stereocenters. The van der Waals surface area contributed by atoms with Crippen molar-refractivity contribution in [2.75, 3.05) is 20.2 Å². The second-order valence-electron chi connectivity index (χ2n) is 8.05. The number of ether oxygens (including phenoxy) is 1. The second kappa shape index (κ2) is 9.80. The number of aliphatic hydroxyl groups is 1. The Morgan fingerprint density at radius 3 is 2.55 bits per heavy atom. The molecule has 1 N–H and O–H groups in total. The lowest BCUT2D eigenvalue weighted by molar-refractivity contribution is -0.137. The third-order valence-corrected chi connectivity index (χ3v) is 6.17. The molecule has 0 saturated carbocycles. The molecule has 2 aliphatic heterocycles. The third kappa shape index (κ3) is 4.54. The number of likely N-dealkylation sites (N-methyl/N-ethyl adjacent to an activating group) is 1. The van der Waals surface area contributed by atoms with Gasteiger partial charge in [0.05, 0.1) is 0 Å². The zero-order chi connectivity index (χ0) is 23.5. The number of aliphatic hydroxyl groups excluding tert-OH is 1. The van der Waals surface area contributed by atoms with Crippen LogP contribution in [0.25, 0.3) is 0 Å². The number of fused-ring (bicyclic) bond motifs is 1. The molecule has 9 heteroatoms. The van der Waals surface area contributed by atoms with Gasteiger partial charge in [0.1, 0.15) is 5.75 Å². The van der Waals surface area contributed by atoms with E-state index in [4.69, 9.17) is 16.3 Å². The van der Waals surface area contributed by atoms with Crippen molar-refractivity contribution < 1.29 is 19.4 Å². The Bertz CT molecular complexity index is 1060. The van der Waals surface area contributed by atoms with Gasteiger partial charge in [-0.3, -0.25) is 9.69 Å². The highest BCUT2D eigenvalue weighted by molar-refractivity contribution is 6.30. The highest BCUT2D eigenvalue weighted by Crippen LogP contribution is 2.31. The van der Waals surface area contributed by atoms with Crippen LogP contribution in [0, 0.1) is 0 Å². The van der Waals surface area contributed by atoms with E-state index in [-0.39, 0.29) is 25.1 Å². The number of hydrogen-bond acceptors (Lipinski definition) is 6. The molecule has 1 fully saturated rings. The van der Waals surface area contributed by atoms with Gasteiger partial charge in [0.25, 0.3) is 11.9 Å². The molecule has 2 aliphatic rings. The number of carbonyl (C=O) groups is 2. The Kier molecular flexibility index (Phi) is 6.85. The van der Waals surface area contributed by atoms with Crippen LogP contribution in [0.15, 0.2) is 53.5 Å². The van der Waals surface area contributed by atoms with Crippen molar-refractivity contribution in [2.24, 2.45) is 4.99 Å². The maximum atomic E-state index is 13.4. The van der Waals surface area contributed by atoms with E-state index in [1.165, 1.54) is 9.80 Å². The quantitative estimate of drug-likeness (QED) is 0.672. The van der Waals surface area contributed by atoms with Crippen molar-refractivity contribution in [2.45, 2.75) is 38.5 Å². The van der Waals surface area contributed by atoms with E-state index < -0.39 is 18.2 Å². The fraction of sp³-hybridized carbons (Fsp3) is 0.375. The summed E-state index contributed by atoms with van der Waals surface area (Å²) in [5.74, 6) is 0.314. The fourth-order valence-electron chi connectivity index (χ4n) is 4.12. The zero-order valence-electron chi connectivity index (χ0n) is 18.6. The van der Waals surface area contributed by atoms with Gasteiger partial charge in [0, 0.05) is 31.8 Å². The van der Waals surface area contributed by atoms with Gasteiger partial charge in [0.15, 0.2) is 12.2 Å². The molecule has 2 aromatic carbocycles. The molecular formula is C24H27ClN4O4. The smallest absolute Gasteiger partial charge is 0.328 e. The molecule has 174 valence electrons. The average Bonchev–Trinajstić information content (AvgIpc) is 3.17. The predicted octanol–water partition coefficient (Wildman–Crippen LogP) is 3.12. The number of halogens is 1. The molecule has 33 heavy (non-hydrogen) atoms. The summed E-state index contributed by atoms with van der Waals surface area (Å²) >= 11 is 6.05. The lowest BCUT2D eigenvalue weighted by atomic mass is 10.1. The first-order valence-corrected chi connectivity index (χ1v) is 11.4. The molecule has 0 aliphatic carbocycles. The number of amides is 3. The third-order valence-electron chi connectivity index (χ3n) is 5.92. The number of aliphatic imine (C=N–C) groups is 1. The number of amidine groups is 1. The van der Waals surface area contributed by atoms with Crippen LogP contribution in [-0.2, 0) is 17.8 Å². The molecule has 0 radical (unpaired) electrons. The molecule has 1 saturated heterocycles. The first-order valence-electron chi connectivity index (χ1n) is 11.0. The van der Waals surface area contributed by atoms with Gasteiger partial charge in [0.2, 0.25) is 0 Å². The van der Waals surface area contributed by atoms with Crippen LogP contribution >= 0.6 is 11.6 Å². The number of carbonyl (C=O) groups excluding carboxylic acids is 2. The number of rotatable bonds is 7. The maximum absolute atomic E-state index is 13.4. The second-order valence-corrected chi connectivity index (χ2v) is 8.48. The Morgan fingerprint density at radius 2 is 1.85 bits per heavy atom. The summed E-state index contributed by atoms with van der Waals surface area (Å²) < 4.78 is 6.25. The lowest BCUT2D eigenvalue weighted by Crippen LogP contribution is -2.65. The summed E-state index contributed by atoms with van der Waals surface area (Å²) in [5, 5.41) is 9.84. The lowest BCUT2D eigenvalue weighted by Gasteiger charge is -2.41. The number of benzene rings is 2. The van der Waals surface area contributed by atoms with Crippen LogP contribution in [-0.4, -0.2) is 70.2 Å². The molecule has 0 spiro atoms. The Morgan fingerprint density at radius 1 is 1.12 bits per heavy atom. The summed E-state index contributed by atoms with van der Waals surface area (Å²) in [7, 11) is 1.63. The van der Waals surface area contributed by atoms with E-state index in [0.29, 0.717) is 23.7 Å². The van der Waals surface area contributed by atoms with Crippen molar-refractivity contribution in [1.82, 2.24) is 14.7 Å². The molecule has 8 nitrogen and oxygen atoms in total. The molecular weight excluding hydrogens is 444 g/mol. The van der Waals surface area contributed by atoms with E-state index in [9.17, 15) is 14.7 Å². The van der Waals surface area contributed by atoms with Gasteiger partial charge in [-0.25, -0.2) is 9.79 Å². The molecule has 4 rings (SSSR count). The van der Waals surface area contributed by atoms with Crippen LogP contribution in [0.5, 0.6) is 5.75 Å². The molecule has 0 bridgehead atoms. The average molecular weight is 471 g/mol. The summed E-state index contributed by atoms with van der Waals surface area (Å²) in [6.45, 7) is 2.43. The topological polar surface area (TPSA) is 85.7 Å². The maximum Gasteiger partial charge on any atom is 0.328 e. The van der Waals surface area contributed by atoms with Gasteiger partial charge < -0.3 is 19.6 Å². The molecule has 2 aromatic rings. The summed E-state index contributed by atoms with van der Waals surface area (Å²) in [4.78, 5) is 35.4. The monoisotopic (exact) mass is 470 g/mol. The largest absolute Gasteiger partial charge is 0.426 e. The molecule has 0 aromatic heterocycles. The highest BCUT2D eigenvalue weighted by atomic mass is 35.5. The molecule has 2 heterocycles. The predicted molar refractivity (Wildman–Crippen MR) is 125 cm³/mol. The normalized spacial score (nSPS) is 20.2. The highest BCUT2D eigenvalue weighted by Gasteiger charge is 2.52. The van der Waals surface area contributed by atoms with Crippen molar-refractivity contribution >= 4 is 29.6 Å². The van der Waals surface area contributed by atoms with Gasteiger partial charge in [-0.15, -0.1) is 0 Å². The van der Waals surface area contributed by atoms with E-state index in [2.05, 4.69) is 4.99 Å². The SMILES string of the molecule is CCc1ccccc1OC1=NC2C(C(=O)N(CCCO)C(=O)N2C)N1Cc1ccc(Cl)cc1. The van der Waals surface area contributed by atoms with Crippen LogP contribution < -0.4 is 4.74 Å². The van der Waals surface area contributed by atoms with Gasteiger partial charge in [-0.2, -0.15) is 0 Å². The number of para-hydroxylation sites is 1. The minimum absolute atomic E-state index is 0.109. The van der Waals surface area contributed by atoms with Crippen molar-refractivity contribution in [3.05, 3.63) is 64.7 Å². The van der Waals surface area contributed by atoms with Crippen molar-refractivity contribution in [3.63, 3.8) is 0 Å².